The molecule has 0 amide bonds. The van der Waals surface area contributed by atoms with Crippen LogP contribution in [-0.4, -0.2) is 12.6 Å². The number of rotatable bonds is 4. The van der Waals surface area contributed by atoms with Gasteiger partial charge in [0.15, 0.2) is 0 Å². The number of hydrogen-bond acceptors (Lipinski definition) is 3. The van der Waals surface area contributed by atoms with Crippen LogP contribution in [0.3, 0.4) is 0 Å². The van der Waals surface area contributed by atoms with Crippen molar-refractivity contribution in [1.29, 1.82) is 0 Å². The summed E-state index contributed by atoms with van der Waals surface area (Å²) in [6.07, 6.45) is 0.663. The first-order valence-electron chi connectivity index (χ1n) is 6.70. The molecule has 2 atom stereocenters. The average Bonchev–Trinajstić information content (AvgIpc) is 2.89. The second-order valence-corrected chi connectivity index (χ2v) is 5.06. The summed E-state index contributed by atoms with van der Waals surface area (Å²) in [6.45, 7) is 0.601. The third kappa shape index (κ3) is 2.53. The lowest BCUT2D eigenvalue weighted by Crippen LogP contribution is -2.42. The Bertz CT molecular complexity index is 603. The Morgan fingerprint density at radius 1 is 1.25 bits per heavy atom. The van der Waals surface area contributed by atoms with Crippen LogP contribution in [0.1, 0.15) is 17.0 Å². The molecule has 4 heteroatoms. The number of halogens is 1. The maximum absolute atomic E-state index is 13.3. The number of hydrazine groups is 1. The van der Waals surface area contributed by atoms with Crippen LogP contribution < -0.4 is 16.0 Å². The molecule has 0 radical (unpaired) electrons. The maximum atomic E-state index is 13.3. The number of nitrogens with one attached hydrogen (secondary N) is 1. The van der Waals surface area contributed by atoms with Gasteiger partial charge in [-0.1, -0.05) is 30.3 Å². The van der Waals surface area contributed by atoms with Crippen molar-refractivity contribution in [3.63, 3.8) is 0 Å². The van der Waals surface area contributed by atoms with Crippen LogP contribution in [-0.2, 0) is 6.42 Å². The van der Waals surface area contributed by atoms with Crippen LogP contribution in [0, 0.1) is 5.82 Å². The van der Waals surface area contributed by atoms with Gasteiger partial charge in [-0.05, 0) is 30.2 Å². The van der Waals surface area contributed by atoms with Gasteiger partial charge in [-0.15, -0.1) is 0 Å². The summed E-state index contributed by atoms with van der Waals surface area (Å²) in [5, 5.41) is 0. The van der Waals surface area contributed by atoms with E-state index in [1.807, 2.05) is 24.3 Å². The average molecular weight is 272 g/mol. The Morgan fingerprint density at radius 2 is 2.10 bits per heavy atom. The van der Waals surface area contributed by atoms with E-state index in [1.165, 1.54) is 6.07 Å². The first-order chi connectivity index (χ1) is 9.78. The first kappa shape index (κ1) is 13.1. The molecule has 104 valence electrons. The van der Waals surface area contributed by atoms with Crippen LogP contribution in [0.15, 0.2) is 48.5 Å². The van der Waals surface area contributed by atoms with E-state index >= 15 is 0 Å². The van der Waals surface area contributed by atoms with E-state index in [-0.39, 0.29) is 17.8 Å². The molecule has 20 heavy (non-hydrogen) atoms. The monoisotopic (exact) mass is 272 g/mol. The zero-order chi connectivity index (χ0) is 13.9. The van der Waals surface area contributed by atoms with Gasteiger partial charge in [-0.25, -0.2) is 4.39 Å². The molecule has 0 aliphatic carbocycles. The van der Waals surface area contributed by atoms with Crippen LogP contribution in [0.4, 0.5) is 4.39 Å². The van der Waals surface area contributed by atoms with Crippen molar-refractivity contribution in [3.05, 3.63) is 65.5 Å². The molecular formula is C16H17FN2O. The van der Waals surface area contributed by atoms with E-state index in [1.54, 1.807) is 12.1 Å². The SMILES string of the molecule is NNC(Cc1cccc(F)c1)C1COc2ccccc21. The van der Waals surface area contributed by atoms with Gasteiger partial charge in [0.2, 0.25) is 0 Å². The predicted molar refractivity (Wildman–Crippen MR) is 75.9 cm³/mol. The Balaban J connectivity index is 1.81. The third-order valence-electron chi connectivity index (χ3n) is 3.78. The smallest absolute Gasteiger partial charge is 0.123 e. The van der Waals surface area contributed by atoms with Crippen molar-refractivity contribution in [2.24, 2.45) is 5.84 Å². The van der Waals surface area contributed by atoms with Crippen molar-refractivity contribution < 1.29 is 9.13 Å². The van der Waals surface area contributed by atoms with E-state index < -0.39 is 0 Å². The molecule has 0 saturated heterocycles. The normalized spacial score (nSPS) is 18.4. The van der Waals surface area contributed by atoms with E-state index in [4.69, 9.17) is 10.6 Å². The van der Waals surface area contributed by atoms with Crippen molar-refractivity contribution >= 4 is 0 Å². The minimum atomic E-state index is -0.221. The van der Waals surface area contributed by atoms with Crippen LogP contribution in [0.5, 0.6) is 5.75 Å². The van der Waals surface area contributed by atoms with Gasteiger partial charge in [-0.3, -0.25) is 11.3 Å². The summed E-state index contributed by atoms with van der Waals surface area (Å²) < 4.78 is 18.9. The van der Waals surface area contributed by atoms with Gasteiger partial charge in [-0.2, -0.15) is 0 Å². The van der Waals surface area contributed by atoms with Crippen molar-refractivity contribution in [2.45, 2.75) is 18.4 Å². The molecule has 3 nitrogen and oxygen atoms in total. The largest absolute Gasteiger partial charge is 0.493 e. The van der Waals surface area contributed by atoms with Gasteiger partial charge in [0.1, 0.15) is 11.6 Å². The van der Waals surface area contributed by atoms with Crippen molar-refractivity contribution in [2.75, 3.05) is 6.61 Å². The predicted octanol–water partition coefficient (Wildman–Crippen LogP) is 2.38. The number of ether oxygens (including phenoxy) is 1. The van der Waals surface area contributed by atoms with E-state index in [0.29, 0.717) is 13.0 Å². The quantitative estimate of drug-likeness (QED) is 0.663. The van der Waals surface area contributed by atoms with Crippen LogP contribution in [0.25, 0.3) is 0 Å². The first-order valence-corrected chi connectivity index (χ1v) is 6.70. The topological polar surface area (TPSA) is 47.3 Å². The lowest BCUT2D eigenvalue weighted by atomic mass is 9.89. The summed E-state index contributed by atoms with van der Waals surface area (Å²) >= 11 is 0. The standard InChI is InChI=1S/C16H17FN2O/c17-12-5-3-4-11(8-12)9-15(19-18)14-10-20-16-7-2-1-6-13(14)16/h1-8,14-15,19H,9-10,18H2. The molecule has 0 spiro atoms. The highest BCUT2D eigenvalue weighted by Crippen LogP contribution is 2.36. The number of fused-ring (bicyclic) bond motifs is 1. The Labute approximate surface area is 117 Å². The minimum absolute atomic E-state index is 0.0143. The number of benzene rings is 2. The number of para-hydroxylation sites is 1. The zero-order valence-electron chi connectivity index (χ0n) is 11.1. The molecule has 0 bridgehead atoms. The lowest BCUT2D eigenvalue weighted by Gasteiger charge is -2.22. The van der Waals surface area contributed by atoms with E-state index in [9.17, 15) is 4.39 Å². The number of hydrogen-bond donors (Lipinski definition) is 2. The highest BCUT2D eigenvalue weighted by atomic mass is 19.1. The Hall–Kier alpha value is -1.91. The molecule has 0 fully saturated rings. The summed E-state index contributed by atoms with van der Waals surface area (Å²) in [6, 6.07) is 14.6. The molecule has 2 aromatic carbocycles. The van der Waals surface area contributed by atoms with E-state index in [0.717, 1.165) is 16.9 Å². The highest BCUT2D eigenvalue weighted by Gasteiger charge is 2.30. The van der Waals surface area contributed by atoms with Gasteiger partial charge in [0.25, 0.3) is 0 Å². The molecule has 0 aromatic heterocycles. The third-order valence-corrected chi connectivity index (χ3v) is 3.78. The second kappa shape index (κ2) is 5.61. The van der Waals surface area contributed by atoms with Crippen molar-refractivity contribution in [3.8, 4) is 5.75 Å². The van der Waals surface area contributed by atoms with Gasteiger partial charge >= 0.3 is 0 Å². The van der Waals surface area contributed by atoms with Crippen molar-refractivity contribution in [1.82, 2.24) is 5.43 Å². The van der Waals surface area contributed by atoms with Gasteiger partial charge in [0.05, 0.1) is 6.61 Å². The zero-order valence-corrected chi connectivity index (χ0v) is 11.1. The fourth-order valence-corrected chi connectivity index (χ4v) is 2.76. The number of nitrogens with two attached hydrogens (primary N) is 1. The van der Waals surface area contributed by atoms with Crippen LogP contribution >= 0.6 is 0 Å². The fourth-order valence-electron chi connectivity index (χ4n) is 2.76. The molecule has 2 aromatic rings. The Morgan fingerprint density at radius 3 is 2.90 bits per heavy atom. The summed E-state index contributed by atoms with van der Waals surface area (Å²) in [7, 11) is 0. The van der Waals surface area contributed by atoms with Gasteiger partial charge in [0, 0.05) is 17.5 Å². The summed E-state index contributed by atoms with van der Waals surface area (Å²) in [4.78, 5) is 0. The molecule has 1 aliphatic heterocycles. The fraction of sp³-hybridized carbons (Fsp3) is 0.250. The highest BCUT2D eigenvalue weighted by molar-refractivity contribution is 5.41. The lowest BCUT2D eigenvalue weighted by molar-refractivity contribution is 0.297. The summed E-state index contributed by atoms with van der Waals surface area (Å²) in [5.41, 5.74) is 4.94. The Kier molecular flexibility index (Phi) is 3.67. The van der Waals surface area contributed by atoms with Gasteiger partial charge < -0.3 is 4.74 Å². The maximum Gasteiger partial charge on any atom is 0.123 e. The molecule has 1 heterocycles. The molecular weight excluding hydrogens is 255 g/mol. The minimum Gasteiger partial charge on any atom is -0.493 e. The molecule has 0 saturated carbocycles. The molecule has 3 rings (SSSR count). The van der Waals surface area contributed by atoms with E-state index in [2.05, 4.69) is 11.5 Å². The second-order valence-electron chi connectivity index (χ2n) is 5.06. The molecule has 1 aliphatic rings. The van der Waals surface area contributed by atoms with Crippen LogP contribution in [0.2, 0.25) is 0 Å². The molecule has 2 unspecified atom stereocenters. The summed E-state index contributed by atoms with van der Waals surface area (Å²) in [5.74, 6) is 6.57. The molecule has 3 N–H and O–H groups in total.